The van der Waals surface area contributed by atoms with Gasteiger partial charge in [-0.25, -0.2) is 0 Å². The first-order valence-electron chi connectivity index (χ1n) is 6.54. The van der Waals surface area contributed by atoms with Crippen molar-refractivity contribution < 1.29 is 35.1 Å². The van der Waals surface area contributed by atoms with E-state index in [4.69, 9.17) is 9.84 Å². The largest absolute Gasteiger partial charge is 0.480 e. The number of aliphatic hydroxyl groups excluding tert-OH is 3. The van der Waals surface area contributed by atoms with E-state index < -0.39 is 36.1 Å². The van der Waals surface area contributed by atoms with Gasteiger partial charge in [-0.05, 0) is 12.3 Å². The molecule has 20 heavy (non-hydrogen) atoms. The van der Waals surface area contributed by atoms with Gasteiger partial charge in [-0.2, -0.15) is 0 Å². The summed E-state index contributed by atoms with van der Waals surface area (Å²) in [4.78, 5) is 11.1. The van der Waals surface area contributed by atoms with Crippen LogP contribution in [-0.4, -0.2) is 74.8 Å². The molecule has 0 radical (unpaired) electrons. The Balaban J connectivity index is 2.64. The summed E-state index contributed by atoms with van der Waals surface area (Å²) in [6.07, 6.45) is -4.24. The third kappa shape index (κ3) is 4.11. The molecule has 1 fully saturated rings. The van der Waals surface area contributed by atoms with Crippen molar-refractivity contribution in [1.82, 2.24) is 5.32 Å². The Kier molecular flexibility index (Phi) is 5.87. The van der Waals surface area contributed by atoms with Gasteiger partial charge in [-0.1, -0.05) is 13.8 Å². The number of carboxylic acids is 1. The maximum absolute atomic E-state index is 11.1. The second-order valence-corrected chi connectivity index (χ2v) is 5.56. The minimum absolute atomic E-state index is 0.128. The highest BCUT2D eigenvalue weighted by atomic mass is 16.6. The van der Waals surface area contributed by atoms with Gasteiger partial charge in [0.15, 0.2) is 0 Å². The zero-order valence-corrected chi connectivity index (χ0v) is 11.6. The number of nitrogens with one attached hydrogen (secondary N) is 1. The number of aliphatic carboxylic acids is 1. The van der Waals surface area contributed by atoms with Gasteiger partial charge in [0.25, 0.3) is 0 Å². The van der Waals surface area contributed by atoms with E-state index in [2.05, 4.69) is 5.32 Å². The number of rotatable bonds is 6. The SMILES string of the molecule is CC(C)C[C@@H](NC[C@@]1(O)OC[C@@H](O)[C@@H](O)[C@@H]1O)C(=O)O. The Morgan fingerprint density at radius 2 is 2.00 bits per heavy atom. The van der Waals surface area contributed by atoms with Crippen LogP contribution >= 0.6 is 0 Å². The average Bonchev–Trinajstić information content (AvgIpc) is 2.36. The van der Waals surface area contributed by atoms with Crippen LogP contribution in [0.1, 0.15) is 20.3 Å². The maximum Gasteiger partial charge on any atom is 0.320 e. The standard InChI is InChI=1S/C12H23NO7/c1-6(2)3-7(11(17)18)13-5-12(19)10(16)9(15)8(14)4-20-12/h6-10,13-16,19H,3-5H2,1-2H3,(H,17,18)/t7-,8-,9-,10+,12-/m1/s1. The molecule has 6 N–H and O–H groups in total. The van der Waals surface area contributed by atoms with Crippen LogP contribution in [0.3, 0.4) is 0 Å². The van der Waals surface area contributed by atoms with Gasteiger partial charge in [-0.15, -0.1) is 0 Å². The van der Waals surface area contributed by atoms with E-state index in [1.165, 1.54) is 0 Å². The summed E-state index contributed by atoms with van der Waals surface area (Å²) in [6.45, 7) is 3.00. The van der Waals surface area contributed by atoms with Crippen molar-refractivity contribution in [2.24, 2.45) is 5.92 Å². The summed E-state index contributed by atoms with van der Waals surface area (Å²) in [5, 5.41) is 50.3. The number of carboxylic acid groups (broad SMARTS) is 1. The van der Waals surface area contributed by atoms with E-state index >= 15 is 0 Å². The highest BCUT2D eigenvalue weighted by Gasteiger charge is 2.48. The lowest BCUT2D eigenvalue weighted by atomic mass is 9.96. The minimum atomic E-state index is -2.14. The molecule has 5 atom stereocenters. The molecule has 0 unspecified atom stereocenters. The zero-order chi connectivity index (χ0) is 15.5. The number of ether oxygens (including phenoxy) is 1. The van der Waals surface area contributed by atoms with Crippen LogP contribution in [0.25, 0.3) is 0 Å². The normalized spacial score (nSPS) is 36.0. The molecule has 0 aliphatic carbocycles. The van der Waals surface area contributed by atoms with Crippen molar-refractivity contribution in [3.05, 3.63) is 0 Å². The predicted octanol–water partition coefficient (Wildman–Crippen LogP) is -2.12. The lowest BCUT2D eigenvalue weighted by Crippen LogP contribution is -2.65. The molecule has 118 valence electrons. The molecule has 0 saturated carbocycles. The van der Waals surface area contributed by atoms with E-state index in [1.807, 2.05) is 13.8 Å². The van der Waals surface area contributed by atoms with Gasteiger partial charge >= 0.3 is 5.97 Å². The van der Waals surface area contributed by atoms with Crippen LogP contribution in [0.5, 0.6) is 0 Å². The summed E-state index contributed by atoms with van der Waals surface area (Å²) >= 11 is 0. The lowest BCUT2D eigenvalue weighted by molar-refractivity contribution is -0.318. The molecule has 1 rings (SSSR count). The Morgan fingerprint density at radius 3 is 2.50 bits per heavy atom. The third-order valence-electron chi connectivity index (χ3n) is 3.29. The van der Waals surface area contributed by atoms with E-state index in [9.17, 15) is 25.2 Å². The van der Waals surface area contributed by atoms with Gasteiger partial charge < -0.3 is 30.3 Å². The van der Waals surface area contributed by atoms with Crippen molar-refractivity contribution in [2.45, 2.75) is 50.4 Å². The Labute approximate surface area is 117 Å². The monoisotopic (exact) mass is 293 g/mol. The molecular weight excluding hydrogens is 270 g/mol. The highest BCUT2D eigenvalue weighted by molar-refractivity contribution is 5.73. The van der Waals surface area contributed by atoms with E-state index in [0.717, 1.165) is 0 Å². The number of aliphatic hydroxyl groups is 4. The highest BCUT2D eigenvalue weighted by Crippen LogP contribution is 2.23. The first-order chi connectivity index (χ1) is 9.17. The topological polar surface area (TPSA) is 139 Å². The second-order valence-electron chi connectivity index (χ2n) is 5.56. The van der Waals surface area contributed by atoms with Gasteiger partial charge in [-0.3, -0.25) is 10.1 Å². The molecule has 1 heterocycles. The van der Waals surface area contributed by atoms with Gasteiger partial charge in [0.1, 0.15) is 24.4 Å². The van der Waals surface area contributed by atoms with Crippen LogP contribution in [0, 0.1) is 5.92 Å². The quantitative estimate of drug-likeness (QED) is 0.326. The van der Waals surface area contributed by atoms with Crippen molar-refractivity contribution in [3.8, 4) is 0 Å². The Hall–Kier alpha value is -0.770. The molecule has 0 aromatic heterocycles. The molecule has 0 bridgehead atoms. The summed E-state index contributed by atoms with van der Waals surface area (Å²) in [7, 11) is 0. The minimum Gasteiger partial charge on any atom is -0.480 e. The van der Waals surface area contributed by atoms with Crippen molar-refractivity contribution in [2.75, 3.05) is 13.2 Å². The van der Waals surface area contributed by atoms with Crippen LogP contribution in [-0.2, 0) is 9.53 Å². The number of hydrogen-bond acceptors (Lipinski definition) is 7. The molecule has 8 heteroatoms. The van der Waals surface area contributed by atoms with Crippen LogP contribution < -0.4 is 5.32 Å². The molecule has 0 amide bonds. The summed E-state index contributed by atoms with van der Waals surface area (Å²) in [5.41, 5.74) is 0. The first-order valence-corrected chi connectivity index (χ1v) is 6.54. The summed E-state index contributed by atoms with van der Waals surface area (Å²) in [5.74, 6) is -3.08. The van der Waals surface area contributed by atoms with E-state index in [-0.39, 0.29) is 19.1 Å². The molecular formula is C12H23NO7. The fraction of sp³-hybridized carbons (Fsp3) is 0.917. The summed E-state index contributed by atoms with van der Waals surface area (Å²) in [6, 6.07) is -0.904. The first kappa shape index (κ1) is 17.3. The average molecular weight is 293 g/mol. The van der Waals surface area contributed by atoms with Crippen LogP contribution in [0.4, 0.5) is 0 Å². The molecule has 1 aliphatic rings. The predicted molar refractivity (Wildman–Crippen MR) is 67.8 cm³/mol. The molecule has 0 spiro atoms. The van der Waals surface area contributed by atoms with Crippen LogP contribution in [0.15, 0.2) is 0 Å². The third-order valence-corrected chi connectivity index (χ3v) is 3.29. The van der Waals surface area contributed by atoms with Crippen molar-refractivity contribution in [3.63, 3.8) is 0 Å². The van der Waals surface area contributed by atoms with Crippen molar-refractivity contribution >= 4 is 5.97 Å². The fourth-order valence-corrected chi connectivity index (χ4v) is 2.06. The lowest BCUT2D eigenvalue weighted by Gasteiger charge is -2.42. The fourth-order valence-electron chi connectivity index (χ4n) is 2.06. The molecule has 1 aliphatic heterocycles. The van der Waals surface area contributed by atoms with Crippen molar-refractivity contribution in [1.29, 1.82) is 0 Å². The smallest absolute Gasteiger partial charge is 0.320 e. The van der Waals surface area contributed by atoms with Crippen LogP contribution in [0.2, 0.25) is 0 Å². The zero-order valence-electron chi connectivity index (χ0n) is 11.6. The van der Waals surface area contributed by atoms with Gasteiger partial charge in [0.2, 0.25) is 5.79 Å². The molecule has 8 nitrogen and oxygen atoms in total. The second kappa shape index (κ2) is 6.79. The number of hydrogen-bond donors (Lipinski definition) is 6. The van der Waals surface area contributed by atoms with E-state index in [0.29, 0.717) is 6.42 Å². The molecule has 0 aromatic carbocycles. The Morgan fingerprint density at radius 1 is 1.40 bits per heavy atom. The number of carbonyl (C=O) groups is 1. The van der Waals surface area contributed by atoms with E-state index in [1.54, 1.807) is 0 Å². The molecule has 1 saturated heterocycles. The maximum atomic E-state index is 11.1. The van der Waals surface area contributed by atoms with Gasteiger partial charge in [0, 0.05) is 0 Å². The van der Waals surface area contributed by atoms with Gasteiger partial charge in [0.05, 0.1) is 13.2 Å². The Bertz CT molecular complexity index is 338. The molecule has 0 aromatic rings. The summed E-state index contributed by atoms with van der Waals surface area (Å²) < 4.78 is 4.94.